The molecule has 0 aliphatic heterocycles. The van der Waals surface area contributed by atoms with Gasteiger partial charge in [0.05, 0.1) is 12.0 Å². The minimum Gasteiger partial charge on any atom is -0.348 e. The maximum atomic E-state index is 10.6. The van der Waals surface area contributed by atoms with Crippen molar-refractivity contribution < 1.29 is 4.79 Å². The van der Waals surface area contributed by atoms with Crippen LogP contribution in [0.15, 0.2) is 30.6 Å². The lowest BCUT2D eigenvalue weighted by molar-refractivity contribution is 0.112. The smallest absolute Gasteiger partial charge is 0.150 e. The third-order valence-electron chi connectivity index (χ3n) is 2.57. The van der Waals surface area contributed by atoms with Crippen LogP contribution < -0.4 is 0 Å². The summed E-state index contributed by atoms with van der Waals surface area (Å²) >= 11 is 0. The van der Waals surface area contributed by atoms with Gasteiger partial charge in [-0.1, -0.05) is 38.1 Å². The summed E-state index contributed by atoms with van der Waals surface area (Å²) in [5.41, 5.74) is 3.81. The zero-order valence-electron chi connectivity index (χ0n) is 9.40. The molecule has 3 nitrogen and oxygen atoms in total. The van der Waals surface area contributed by atoms with Crippen LogP contribution in [0.4, 0.5) is 0 Å². The van der Waals surface area contributed by atoms with Crippen molar-refractivity contribution >= 4 is 6.29 Å². The maximum absolute atomic E-state index is 10.6. The van der Waals surface area contributed by atoms with Gasteiger partial charge in [-0.15, -0.1) is 0 Å². The van der Waals surface area contributed by atoms with E-state index in [1.165, 1.54) is 0 Å². The van der Waals surface area contributed by atoms with E-state index in [1.54, 1.807) is 18.5 Å². The zero-order chi connectivity index (χ0) is 11.5. The number of hydrogen-bond acceptors (Lipinski definition) is 2. The van der Waals surface area contributed by atoms with Gasteiger partial charge in [0.25, 0.3) is 0 Å². The lowest BCUT2D eigenvalue weighted by Gasteiger charge is -2.05. The lowest BCUT2D eigenvalue weighted by atomic mass is 10.0. The van der Waals surface area contributed by atoms with Crippen molar-refractivity contribution in [3.8, 4) is 11.3 Å². The molecule has 1 heterocycles. The van der Waals surface area contributed by atoms with Crippen molar-refractivity contribution in [2.24, 2.45) is 0 Å². The first kappa shape index (κ1) is 10.6. The Bertz CT molecular complexity index is 483. The van der Waals surface area contributed by atoms with Crippen LogP contribution in [0.2, 0.25) is 0 Å². The van der Waals surface area contributed by atoms with E-state index >= 15 is 0 Å². The molecule has 1 aromatic carbocycles. The number of benzene rings is 1. The van der Waals surface area contributed by atoms with Crippen molar-refractivity contribution in [3.63, 3.8) is 0 Å². The molecule has 0 unspecified atom stereocenters. The Morgan fingerprint density at radius 2 is 1.94 bits per heavy atom. The van der Waals surface area contributed by atoms with Crippen molar-refractivity contribution in [2.75, 3.05) is 0 Å². The number of aldehydes is 1. The molecule has 1 aromatic heterocycles. The predicted octanol–water partition coefficient (Wildman–Crippen LogP) is 3.01. The molecule has 0 atom stereocenters. The third kappa shape index (κ3) is 1.89. The summed E-state index contributed by atoms with van der Waals surface area (Å²) in [5.74, 6) is 0.406. The second-order valence-electron chi connectivity index (χ2n) is 4.06. The van der Waals surface area contributed by atoms with Crippen LogP contribution in [0.25, 0.3) is 11.3 Å². The van der Waals surface area contributed by atoms with E-state index in [1.807, 2.05) is 12.1 Å². The minimum atomic E-state index is 0.406. The summed E-state index contributed by atoms with van der Waals surface area (Å²) in [5, 5.41) is 0. The molecule has 0 bridgehead atoms. The number of hydrogen-bond donors (Lipinski definition) is 1. The molecule has 2 aromatic rings. The highest BCUT2D eigenvalue weighted by atomic mass is 16.1. The minimum absolute atomic E-state index is 0.406. The van der Waals surface area contributed by atoms with Gasteiger partial charge in [-0.2, -0.15) is 0 Å². The SMILES string of the molecule is CC(C)c1[nH]cnc1-c1ccc(C=O)cc1. The predicted molar refractivity (Wildman–Crippen MR) is 63.5 cm³/mol. The number of nitrogens with one attached hydrogen (secondary N) is 1. The summed E-state index contributed by atoms with van der Waals surface area (Å²) in [7, 11) is 0. The van der Waals surface area contributed by atoms with E-state index in [4.69, 9.17) is 0 Å². The maximum Gasteiger partial charge on any atom is 0.150 e. The van der Waals surface area contributed by atoms with E-state index in [2.05, 4.69) is 23.8 Å². The number of imidazole rings is 1. The quantitative estimate of drug-likeness (QED) is 0.798. The Kier molecular flexibility index (Phi) is 2.86. The third-order valence-corrected chi connectivity index (χ3v) is 2.57. The summed E-state index contributed by atoms with van der Waals surface area (Å²) in [6.45, 7) is 4.24. The lowest BCUT2D eigenvalue weighted by Crippen LogP contribution is -1.91. The second kappa shape index (κ2) is 4.31. The van der Waals surface area contributed by atoms with Gasteiger partial charge in [0.2, 0.25) is 0 Å². The van der Waals surface area contributed by atoms with Gasteiger partial charge in [0, 0.05) is 16.8 Å². The van der Waals surface area contributed by atoms with Crippen LogP contribution in [-0.2, 0) is 0 Å². The first-order valence-electron chi connectivity index (χ1n) is 5.31. The molecule has 2 rings (SSSR count). The standard InChI is InChI=1S/C13H14N2O/c1-9(2)12-13(15-8-14-12)11-5-3-10(7-16)4-6-11/h3-9H,1-2H3,(H,14,15). The van der Waals surface area contributed by atoms with Gasteiger partial charge in [-0.25, -0.2) is 4.98 Å². The molecule has 0 aliphatic rings. The van der Waals surface area contributed by atoms with E-state index in [0.29, 0.717) is 11.5 Å². The van der Waals surface area contributed by atoms with E-state index in [9.17, 15) is 4.79 Å². The molecule has 0 saturated heterocycles. The molecular formula is C13H14N2O. The molecule has 0 spiro atoms. The first-order chi connectivity index (χ1) is 7.72. The van der Waals surface area contributed by atoms with Crippen LogP contribution in [0.3, 0.4) is 0 Å². The van der Waals surface area contributed by atoms with Crippen LogP contribution in [0.1, 0.15) is 35.8 Å². The summed E-state index contributed by atoms with van der Waals surface area (Å²) < 4.78 is 0. The highest BCUT2D eigenvalue weighted by Gasteiger charge is 2.10. The van der Waals surface area contributed by atoms with Crippen molar-refractivity contribution in [1.82, 2.24) is 9.97 Å². The number of aromatic amines is 1. The van der Waals surface area contributed by atoms with Crippen molar-refractivity contribution in [2.45, 2.75) is 19.8 Å². The van der Waals surface area contributed by atoms with Gasteiger partial charge in [-0.3, -0.25) is 4.79 Å². The molecule has 0 radical (unpaired) electrons. The summed E-state index contributed by atoms with van der Waals surface area (Å²) in [4.78, 5) is 18.0. The van der Waals surface area contributed by atoms with E-state index in [0.717, 1.165) is 23.2 Å². The highest BCUT2D eigenvalue weighted by Crippen LogP contribution is 2.25. The number of carbonyl (C=O) groups is 1. The van der Waals surface area contributed by atoms with Gasteiger partial charge in [0.1, 0.15) is 6.29 Å². The second-order valence-corrected chi connectivity index (χ2v) is 4.06. The molecule has 0 aliphatic carbocycles. The molecule has 0 amide bonds. The molecule has 82 valence electrons. The fourth-order valence-corrected chi connectivity index (χ4v) is 1.69. The molecule has 16 heavy (non-hydrogen) atoms. The average molecular weight is 214 g/mol. The number of nitrogens with zero attached hydrogens (tertiary/aromatic N) is 1. The Morgan fingerprint density at radius 3 is 2.50 bits per heavy atom. The fraction of sp³-hybridized carbons (Fsp3) is 0.231. The normalized spacial score (nSPS) is 10.7. The highest BCUT2D eigenvalue weighted by molar-refractivity contribution is 5.76. The number of H-pyrrole nitrogens is 1. The van der Waals surface area contributed by atoms with Crippen molar-refractivity contribution in [3.05, 3.63) is 41.9 Å². The Labute approximate surface area is 94.5 Å². The molecular weight excluding hydrogens is 200 g/mol. The van der Waals surface area contributed by atoms with Gasteiger partial charge in [0.15, 0.2) is 0 Å². The van der Waals surface area contributed by atoms with Crippen LogP contribution in [0, 0.1) is 0 Å². The Morgan fingerprint density at radius 1 is 1.25 bits per heavy atom. The molecule has 0 saturated carbocycles. The topological polar surface area (TPSA) is 45.8 Å². The number of aromatic nitrogens is 2. The van der Waals surface area contributed by atoms with Crippen LogP contribution >= 0.6 is 0 Å². The average Bonchev–Trinajstić information content (AvgIpc) is 2.78. The van der Waals surface area contributed by atoms with Gasteiger partial charge in [-0.05, 0) is 5.92 Å². The first-order valence-corrected chi connectivity index (χ1v) is 5.31. The number of rotatable bonds is 3. The van der Waals surface area contributed by atoms with E-state index < -0.39 is 0 Å². The van der Waals surface area contributed by atoms with Crippen molar-refractivity contribution in [1.29, 1.82) is 0 Å². The Balaban J connectivity index is 2.42. The largest absolute Gasteiger partial charge is 0.348 e. The van der Waals surface area contributed by atoms with Crippen LogP contribution in [0.5, 0.6) is 0 Å². The summed E-state index contributed by atoms with van der Waals surface area (Å²) in [6.07, 6.45) is 2.55. The van der Waals surface area contributed by atoms with Gasteiger partial charge >= 0.3 is 0 Å². The fourth-order valence-electron chi connectivity index (χ4n) is 1.69. The van der Waals surface area contributed by atoms with E-state index in [-0.39, 0.29) is 0 Å². The van der Waals surface area contributed by atoms with Gasteiger partial charge < -0.3 is 4.98 Å². The zero-order valence-corrected chi connectivity index (χ0v) is 9.40. The Hall–Kier alpha value is -1.90. The number of carbonyl (C=O) groups excluding carboxylic acids is 1. The monoisotopic (exact) mass is 214 g/mol. The summed E-state index contributed by atoms with van der Waals surface area (Å²) in [6, 6.07) is 7.46. The molecule has 0 fully saturated rings. The van der Waals surface area contributed by atoms with Crippen LogP contribution in [-0.4, -0.2) is 16.3 Å². The molecule has 3 heteroatoms. The molecule has 1 N–H and O–H groups in total.